The van der Waals surface area contributed by atoms with Gasteiger partial charge in [-0.25, -0.2) is 8.93 Å². The maximum Gasteiger partial charge on any atom is 0.407 e. The molecule has 0 aliphatic heterocycles. The van der Waals surface area contributed by atoms with Crippen LogP contribution in [-0.4, -0.2) is 30.5 Å². The van der Waals surface area contributed by atoms with Crippen molar-refractivity contribution in [1.82, 2.24) is 19.3 Å². The van der Waals surface area contributed by atoms with E-state index in [1.165, 1.54) is 6.20 Å². The fourth-order valence-electron chi connectivity index (χ4n) is 4.43. The van der Waals surface area contributed by atoms with Crippen LogP contribution < -0.4 is 4.72 Å². The lowest BCUT2D eigenvalue weighted by molar-refractivity contribution is -0.160. The molecule has 184 valence electrons. The molecule has 35 heavy (non-hydrogen) atoms. The SMILES string of the molecule is CCCC#Cc1c(-c2ccc(S(=O)NC3(C(F)(F)F)CC3)cn2)n(C2CCC2)c2cnc(C)cc12. The van der Waals surface area contributed by atoms with Crippen LogP contribution in [0.5, 0.6) is 0 Å². The van der Waals surface area contributed by atoms with E-state index in [0.717, 1.165) is 60.0 Å². The lowest BCUT2D eigenvalue weighted by Crippen LogP contribution is -2.45. The van der Waals surface area contributed by atoms with E-state index >= 15 is 0 Å². The smallest absolute Gasteiger partial charge is 0.334 e. The average molecular weight is 501 g/mol. The van der Waals surface area contributed by atoms with Crippen LogP contribution in [0.1, 0.15) is 69.2 Å². The molecule has 9 heteroatoms. The highest BCUT2D eigenvalue weighted by Crippen LogP contribution is 2.49. The van der Waals surface area contributed by atoms with Crippen LogP contribution in [0.4, 0.5) is 13.2 Å². The normalized spacial score (nSPS) is 18.1. The predicted molar refractivity (Wildman–Crippen MR) is 130 cm³/mol. The first-order chi connectivity index (χ1) is 16.7. The first kappa shape index (κ1) is 24.0. The minimum absolute atomic E-state index is 0.0670. The Bertz CT molecular complexity index is 1340. The van der Waals surface area contributed by atoms with Crippen LogP contribution in [-0.2, 0) is 11.0 Å². The van der Waals surface area contributed by atoms with E-state index < -0.39 is 22.7 Å². The van der Waals surface area contributed by atoms with Gasteiger partial charge in [-0.1, -0.05) is 18.8 Å². The summed E-state index contributed by atoms with van der Waals surface area (Å²) in [4.78, 5) is 9.30. The minimum atomic E-state index is -4.43. The Morgan fingerprint density at radius 1 is 1.23 bits per heavy atom. The summed E-state index contributed by atoms with van der Waals surface area (Å²) in [6.45, 7) is 4.03. The van der Waals surface area contributed by atoms with Gasteiger partial charge < -0.3 is 4.57 Å². The zero-order chi connectivity index (χ0) is 24.8. The monoisotopic (exact) mass is 500 g/mol. The number of halogens is 3. The second-order valence-electron chi connectivity index (χ2n) is 9.40. The molecule has 5 rings (SSSR count). The van der Waals surface area contributed by atoms with Gasteiger partial charge in [0.1, 0.15) is 16.5 Å². The van der Waals surface area contributed by atoms with Gasteiger partial charge in [0.25, 0.3) is 0 Å². The topological polar surface area (TPSA) is 59.8 Å². The highest BCUT2D eigenvalue weighted by molar-refractivity contribution is 7.83. The van der Waals surface area contributed by atoms with Crippen LogP contribution in [0.3, 0.4) is 0 Å². The Hall–Kier alpha value is -2.70. The lowest BCUT2D eigenvalue weighted by atomic mass is 9.92. The zero-order valence-electron chi connectivity index (χ0n) is 19.7. The molecule has 5 nitrogen and oxygen atoms in total. The Morgan fingerprint density at radius 3 is 2.57 bits per heavy atom. The number of nitrogens with zero attached hydrogens (tertiary/aromatic N) is 3. The van der Waals surface area contributed by atoms with Crippen molar-refractivity contribution in [2.45, 2.75) is 81.4 Å². The minimum Gasteiger partial charge on any atom is -0.334 e. The third-order valence-electron chi connectivity index (χ3n) is 6.83. The fraction of sp³-hybridized carbons (Fsp3) is 0.462. The molecule has 0 saturated heterocycles. The van der Waals surface area contributed by atoms with Crippen LogP contribution in [0.15, 0.2) is 35.5 Å². The van der Waals surface area contributed by atoms with Gasteiger partial charge in [0.2, 0.25) is 0 Å². The van der Waals surface area contributed by atoms with Crippen molar-refractivity contribution in [3.8, 4) is 23.2 Å². The molecule has 3 aromatic heterocycles. The molecular formula is C26H27F3N4OS. The van der Waals surface area contributed by atoms with Crippen molar-refractivity contribution < 1.29 is 17.4 Å². The van der Waals surface area contributed by atoms with Gasteiger partial charge in [-0.05, 0) is 63.6 Å². The molecule has 3 aromatic rings. The molecule has 2 aliphatic rings. The van der Waals surface area contributed by atoms with Crippen molar-refractivity contribution in [1.29, 1.82) is 0 Å². The molecule has 2 aliphatic carbocycles. The Kier molecular flexibility index (Phi) is 6.22. The number of alkyl halides is 3. The van der Waals surface area contributed by atoms with Crippen LogP contribution in [0.25, 0.3) is 22.3 Å². The average Bonchev–Trinajstić information content (AvgIpc) is 3.52. The van der Waals surface area contributed by atoms with E-state index in [-0.39, 0.29) is 17.7 Å². The van der Waals surface area contributed by atoms with Gasteiger partial charge in [-0.3, -0.25) is 9.97 Å². The molecule has 0 spiro atoms. The maximum absolute atomic E-state index is 13.3. The number of aromatic nitrogens is 3. The third kappa shape index (κ3) is 4.38. The van der Waals surface area contributed by atoms with Gasteiger partial charge in [0.05, 0.1) is 33.6 Å². The molecule has 0 radical (unpaired) electrons. The van der Waals surface area contributed by atoms with Gasteiger partial charge >= 0.3 is 6.18 Å². The van der Waals surface area contributed by atoms with E-state index in [1.807, 2.05) is 19.2 Å². The zero-order valence-corrected chi connectivity index (χ0v) is 20.5. The number of fused-ring (bicyclic) bond motifs is 1. The number of aryl methyl sites for hydroxylation is 1. The highest BCUT2D eigenvalue weighted by Gasteiger charge is 2.64. The number of rotatable bonds is 6. The summed E-state index contributed by atoms with van der Waals surface area (Å²) >= 11 is 0. The van der Waals surface area contributed by atoms with E-state index in [1.54, 1.807) is 12.1 Å². The summed E-state index contributed by atoms with van der Waals surface area (Å²) in [7, 11) is -2.01. The standard InChI is InChI=1S/C26H27F3N4OS/c1-3-4-5-9-20-21-14-17(2)30-16-23(21)33(18-7-6-8-18)24(20)22-11-10-19(15-31-22)35(34)32-25(12-13-25)26(27,28)29/h10-11,14-16,18,32H,3-4,6-8,12-13H2,1-2H3. The molecule has 1 atom stereocenters. The van der Waals surface area contributed by atoms with Gasteiger partial charge in [-0.2, -0.15) is 13.2 Å². The summed E-state index contributed by atoms with van der Waals surface area (Å²) < 4.78 is 57.1. The number of unbranched alkanes of at least 4 members (excludes halogenated alkanes) is 1. The first-order valence-corrected chi connectivity index (χ1v) is 13.1. The van der Waals surface area contributed by atoms with E-state index in [2.05, 4.69) is 38.0 Å². The van der Waals surface area contributed by atoms with Crippen molar-refractivity contribution in [2.24, 2.45) is 0 Å². The molecule has 3 heterocycles. The van der Waals surface area contributed by atoms with E-state index in [0.29, 0.717) is 11.7 Å². The lowest BCUT2D eigenvalue weighted by Gasteiger charge is -2.30. The van der Waals surface area contributed by atoms with Crippen LogP contribution >= 0.6 is 0 Å². The predicted octanol–water partition coefficient (Wildman–Crippen LogP) is 5.99. The highest BCUT2D eigenvalue weighted by atomic mass is 32.2. The molecule has 0 amide bonds. The van der Waals surface area contributed by atoms with Crippen LogP contribution in [0.2, 0.25) is 0 Å². The number of hydrogen-bond acceptors (Lipinski definition) is 3. The summed E-state index contributed by atoms with van der Waals surface area (Å²) in [5, 5.41) is 1.03. The molecule has 1 unspecified atom stereocenters. The maximum atomic E-state index is 13.3. The second-order valence-corrected chi connectivity index (χ2v) is 10.6. The molecule has 0 bridgehead atoms. The molecular weight excluding hydrogens is 473 g/mol. The van der Waals surface area contributed by atoms with Crippen molar-refractivity contribution in [3.05, 3.63) is 41.9 Å². The molecule has 1 N–H and O–H groups in total. The van der Waals surface area contributed by atoms with Crippen molar-refractivity contribution >= 4 is 21.9 Å². The molecule has 2 fully saturated rings. The number of hydrogen-bond donors (Lipinski definition) is 1. The quantitative estimate of drug-likeness (QED) is 0.423. The summed E-state index contributed by atoms with van der Waals surface area (Å²) in [6, 6.07) is 5.69. The largest absolute Gasteiger partial charge is 0.407 e. The Balaban J connectivity index is 1.57. The Labute approximate surface area is 205 Å². The number of pyridine rings is 2. The van der Waals surface area contributed by atoms with Gasteiger partial charge in [0.15, 0.2) is 0 Å². The van der Waals surface area contributed by atoms with Gasteiger partial charge in [-0.15, -0.1) is 0 Å². The van der Waals surface area contributed by atoms with Gasteiger partial charge in [0, 0.05) is 29.7 Å². The first-order valence-electron chi connectivity index (χ1n) is 12.0. The molecule has 2 saturated carbocycles. The fourth-order valence-corrected chi connectivity index (χ4v) is 5.56. The molecule has 0 aromatic carbocycles. The third-order valence-corrected chi connectivity index (χ3v) is 8.07. The summed E-state index contributed by atoms with van der Waals surface area (Å²) in [5.41, 5.74) is 2.29. The van der Waals surface area contributed by atoms with E-state index in [4.69, 9.17) is 0 Å². The number of nitrogens with one attached hydrogen (secondary N) is 1. The van der Waals surface area contributed by atoms with E-state index in [9.17, 15) is 17.4 Å². The summed E-state index contributed by atoms with van der Waals surface area (Å²) in [6.07, 6.45) is 3.71. The second kappa shape index (κ2) is 9.07. The van der Waals surface area contributed by atoms with Crippen molar-refractivity contribution in [2.75, 3.05) is 0 Å². The Morgan fingerprint density at radius 2 is 2.00 bits per heavy atom. The van der Waals surface area contributed by atoms with Crippen LogP contribution in [0, 0.1) is 18.8 Å². The summed E-state index contributed by atoms with van der Waals surface area (Å²) in [5.74, 6) is 6.62. The van der Waals surface area contributed by atoms with Crippen molar-refractivity contribution in [3.63, 3.8) is 0 Å².